The van der Waals surface area contributed by atoms with E-state index < -0.39 is 0 Å². The first-order chi connectivity index (χ1) is 15.5. The molecule has 3 N–H and O–H groups in total. The van der Waals surface area contributed by atoms with Gasteiger partial charge in [-0.3, -0.25) is 4.79 Å². The number of pyridine rings is 1. The first-order valence-corrected chi connectivity index (χ1v) is 12.2. The predicted octanol–water partition coefficient (Wildman–Crippen LogP) is 6.12. The molecule has 2 aliphatic rings. The Balaban J connectivity index is 1.29. The summed E-state index contributed by atoms with van der Waals surface area (Å²) >= 11 is 6.51. The molecule has 0 saturated heterocycles. The molecule has 2 fully saturated rings. The third-order valence-electron chi connectivity index (χ3n) is 7.95. The molecule has 1 unspecified atom stereocenters. The first-order valence-electron chi connectivity index (χ1n) is 11.8. The van der Waals surface area contributed by atoms with Gasteiger partial charge in [-0.05, 0) is 110 Å². The monoisotopic (exact) mass is 452 g/mol. The largest absolute Gasteiger partial charge is 0.329 e. The number of aromatic amines is 1. The van der Waals surface area contributed by atoms with Crippen molar-refractivity contribution in [1.29, 1.82) is 0 Å². The van der Waals surface area contributed by atoms with Crippen LogP contribution in [0, 0.1) is 17.7 Å². The van der Waals surface area contributed by atoms with Crippen molar-refractivity contribution >= 4 is 22.4 Å². The third-order valence-corrected chi connectivity index (χ3v) is 8.30. The normalized spacial score (nSPS) is 24.5. The van der Waals surface area contributed by atoms with E-state index in [4.69, 9.17) is 17.3 Å². The fourth-order valence-corrected chi connectivity index (χ4v) is 6.05. The molecule has 2 saturated carbocycles. The molecule has 1 atom stereocenters. The smallest absolute Gasteiger partial charge is 0.255 e. The number of halogens is 2. The highest BCUT2D eigenvalue weighted by Gasteiger charge is 2.47. The molecule has 0 bridgehead atoms. The van der Waals surface area contributed by atoms with Gasteiger partial charge >= 0.3 is 0 Å². The minimum Gasteiger partial charge on any atom is -0.329 e. The summed E-state index contributed by atoms with van der Waals surface area (Å²) < 4.78 is 13.6. The summed E-state index contributed by atoms with van der Waals surface area (Å²) in [7, 11) is 0. The molecule has 168 valence electrons. The SMILES string of the molecule is NC(C1CC1)C1(c2ccc(F)cc2)CCC(CCc2cc3cc[nH]c(=O)c3cc2Cl)CC1. The molecule has 0 spiro atoms. The summed E-state index contributed by atoms with van der Waals surface area (Å²) in [5.74, 6) is 1.05. The van der Waals surface area contributed by atoms with Crippen LogP contribution in [-0.4, -0.2) is 11.0 Å². The molecule has 5 heteroatoms. The summed E-state index contributed by atoms with van der Waals surface area (Å²) in [5, 5.41) is 2.24. The van der Waals surface area contributed by atoms with Gasteiger partial charge in [-0.25, -0.2) is 4.39 Å². The van der Waals surface area contributed by atoms with Crippen LogP contribution < -0.4 is 11.3 Å². The van der Waals surface area contributed by atoms with E-state index in [-0.39, 0.29) is 22.8 Å². The highest BCUT2D eigenvalue weighted by atomic mass is 35.5. The van der Waals surface area contributed by atoms with Crippen molar-refractivity contribution in [2.75, 3.05) is 0 Å². The zero-order chi connectivity index (χ0) is 22.3. The van der Waals surface area contributed by atoms with Gasteiger partial charge in [0.25, 0.3) is 5.56 Å². The maximum Gasteiger partial charge on any atom is 0.255 e. The highest BCUT2D eigenvalue weighted by Crippen LogP contribution is 2.50. The van der Waals surface area contributed by atoms with Crippen LogP contribution in [0.15, 0.2) is 53.5 Å². The summed E-state index contributed by atoms with van der Waals surface area (Å²) in [6.45, 7) is 0. The van der Waals surface area contributed by atoms with E-state index >= 15 is 0 Å². The second-order valence-electron chi connectivity index (χ2n) is 9.85. The van der Waals surface area contributed by atoms with Gasteiger partial charge < -0.3 is 10.7 Å². The van der Waals surface area contributed by atoms with E-state index in [0.717, 1.165) is 49.5 Å². The first kappa shape index (κ1) is 21.7. The van der Waals surface area contributed by atoms with Gasteiger partial charge in [-0.15, -0.1) is 0 Å². The standard InChI is InChI=1S/C27H30ClFN2O/c28-24-16-23-19(11-14-31-26(23)32)15-20(24)2-1-17-9-12-27(13-10-17,25(30)18-3-4-18)21-5-7-22(29)8-6-21/h5-8,11,14-18,25H,1-4,9-10,12-13,30H2,(H,31,32). The lowest BCUT2D eigenvalue weighted by Crippen LogP contribution is -2.49. The van der Waals surface area contributed by atoms with Crippen molar-refractivity contribution < 1.29 is 4.39 Å². The molecule has 0 radical (unpaired) electrons. The summed E-state index contributed by atoms with van der Waals surface area (Å²) in [4.78, 5) is 14.7. The Morgan fingerprint density at radius 1 is 1.09 bits per heavy atom. The number of hydrogen-bond acceptors (Lipinski definition) is 2. The van der Waals surface area contributed by atoms with Gasteiger partial charge in [0.1, 0.15) is 5.82 Å². The number of hydrogen-bond donors (Lipinski definition) is 2. The lowest BCUT2D eigenvalue weighted by Gasteiger charge is -2.45. The fourth-order valence-electron chi connectivity index (χ4n) is 5.79. The summed E-state index contributed by atoms with van der Waals surface area (Å²) in [6, 6.07) is 13.0. The highest BCUT2D eigenvalue weighted by molar-refractivity contribution is 6.32. The van der Waals surface area contributed by atoms with E-state index in [0.29, 0.717) is 22.2 Å². The number of benzene rings is 2. The molecular weight excluding hydrogens is 423 g/mol. The van der Waals surface area contributed by atoms with Gasteiger partial charge in [-0.2, -0.15) is 0 Å². The number of fused-ring (bicyclic) bond motifs is 1. The van der Waals surface area contributed by atoms with E-state index in [2.05, 4.69) is 11.1 Å². The minimum atomic E-state index is -0.188. The molecule has 2 aromatic carbocycles. The molecule has 0 aliphatic heterocycles. The van der Waals surface area contributed by atoms with Crippen molar-refractivity contribution in [3.8, 4) is 0 Å². The quantitative estimate of drug-likeness (QED) is 0.473. The maximum absolute atomic E-state index is 13.6. The van der Waals surface area contributed by atoms with Gasteiger partial charge in [0.05, 0.1) is 0 Å². The fraction of sp³-hybridized carbons (Fsp3) is 0.444. The molecular formula is C27H30ClFN2O. The number of aromatic nitrogens is 1. The Morgan fingerprint density at radius 2 is 1.81 bits per heavy atom. The van der Waals surface area contributed by atoms with Crippen LogP contribution in [0.2, 0.25) is 5.02 Å². The van der Waals surface area contributed by atoms with Crippen molar-refractivity contribution in [3.63, 3.8) is 0 Å². The number of H-pyrrole nitrogens is 1. The van der Waals surface area contributed by atoms with E-state index in [1.807, 2.05) is 18.2 Å². The second-order valence-corrected chi connectivity index (χ2v) is 10.3. The Morgan fingerprint density at radius 3 is 2.50 bits per heavy atom. The summed E-state index contributed by atoms with van der Waals surface area (Å²) in [5.41, 5.74) is 8.99. The van der Waals surface area contributed by atoms with Crippen LogP contribution in [-0.2, 0) is 11.8 Å². The van der Waals surface area contributed by atoms with Gasteiger partial charge in [0, 0.05) is 28.1 Å². The van der Waals surface area contributed by atoms with Crippen LogP contribution in [0.4, 0.5) is 4.39 Å². The van der Waals surface area contributed by atoms with Crippen molar-refractivity contribution in [2.24, 2.45) is 17.6 Å². The molecule has 5 rings (SSSR count). The number of rotatable bonds is 6. The Bertz CT molecular complexity index is 1160. The van der Waals surface area contributed by atoms with Crippen LogP contribution >= 0.6 is 11.6 Å². The van der Waals surface area contributed by atoms with Crippen LogP contribution in [0.5, 0.6) is 0 Å². The lowest BCUT2D eigenvalue weighted by molar-refractivity contribution is 0.178. The van der Waals surface area contributed by atoms with Gasteiger partial charge in [0.2, 0.25) is 0 Å². The van der Waals surface area contributed by atoms with Crippen molar-refractivity contribution in [2.45, 2.75) is 62.8 Å². The Labute approximate surface area is 193 Å². The van der Waals surface area contributed by atoms with E-state index in [1.54, 1.807) is 24.4 Å². The van der Waals surface area contributed by atoms with Crippen LogP contribution in [0.25, 0.3) is 10.8 Å². The third kappa shape index (κ3) is 4.11. The van der Waals surface area contributed by atoms with E-state index in [9.17, 15) is 9.18 Å². The van der Waals surface area contributed by atoms with Crippen molar-refractivity contribution in [1.82, 2.24) is 4.98 Å². The van der Waals surface area contributed by atoms with E-state index in [1.165, 1.54) is 18.4 Å². The number of nitrogens with two attached hydrogens (primary N) is 1. The second kappa shape index (κ2) is 8.64. The van der Waals surface area contributed by atoms with Crippen LogP contribution in [0.1, 0.15) is 56.1 Å². The minimum absolute atomic E-state index is 0.0347. The molecule has 0 amide bonds. The lowest BCUT2D eigenvalue weighted by atomic mass is 9.61. The summed E-state index contributed by atoms with van der Waals surface area (Å²) in [6.07, 6.45) is 10.5. The average molecular weight is 453 g/mol. The molecule has 3 aromatic rings. The van der Waals surface area contributed by atoms with Crippen molar-refractivity contribution in [3.05, 3.63) is 81.0 Å². The molecule has 32 heavy (non-hydrogen) atoms. The number of nitrogens with one attached hydrogen (secondary N) is 1. The average Bonchev–Trinajstić information content (AvgIpc) is 3.64. The maximum atomic E-state index is 13.6. The zero-order valence-corrected chi connectivity index (χ0v) is 19.0. The predicted molar refractivity (Wildman–Crippen MR) is 129 cm³/mol. The van der Waals surface area contributed by atoms with Gasteiger partial charge in [-0.1, -0.05) is 23.7 Å². The zero-order valence-electron chi connectivity index (χ0n) is 18.2. The molecule has 3 nitrogen and oxygen atoms in total. The Hall–Kier alpha value is -2.17. The molecule has 2 aliphatic carbocycles. The molecule has 1 aromatic heterocycles. The molecule has 1 heterocycles. The topological polar surface area (TPSA) is 58.9 Å². The number of aryl methyl sites for hydroxylation is 1. The van der Waals surface area contributed by atoms with Crippen LogP contribution in [0.3, 0.4) is 0 Å². The Kier molecular flexibility index (Phi) is 5.85. The van der Waals surface area contributed by atoms with Gasteiger partial charge in [0.15, 0.2) is 0 Å².